The lowest BCUT2D eigenvalue weighted by molar-refractivity contribution is 0.415. The zero-order valence-corrected chi connectivity index (χ0v) is 16.0. The predicted molar refractivity (Wildman–Crippen MR) is 112 cm³/mol. The highest BCUT2D eigenvalue weighted by Gasteiger charge is 2.02. The molecule has 4 heteroatoms. The van der Waals surface area contributed by atoms with E-state index in [1.807, 2.05) is 60.0 Å². The fraction of sp³-hybridized carbons (Fsp3) is 0.0870. The largest absolute Gasteiger partial charge is 0.497 e. The predicted octanol–water partition coefficient (Wildman–Crippen LogP) is 6.57. The number of halogens is 1. The summed E-state index contributed by atoms with van der Waals surface area (Å²) in [7, 11) is 1.65. The fourth-order valence-electron chi connectivity index (χ4n) is 2.41. The summed E-state index contributed by atoms with van der Waals surface area (Å²) in [6.45, 7) is 2.05. The maximum atomic E-state index is 13.0. The van der Waals surface area contributed by atoms with Crippen molar-refractivity contribution in [3.8, 4) is 5.75 Å². The van der Waals surface area contributed by atoms with Crippen LogP contribution in [0.15, 0.2) is 94.2 Å². The molecule has 0 aliphatic rings. The van der Waals surface area contributed by atoms with Gasteiger partial charge in [-0.2, -0.15) is 0 Å². The van der Waals surface area contributed by atoms with E-state index in [-0.39, 0.29) is 5.82 Å². The molecule has 0 spiro atoms. The molecule has 3 rings (SSSR count). The Balaban J connectivity index is 1.87. The monoisotopic (exact) mass is 377 g/mol. The van der Waals surface area contributed by atoms with Crippen molar-refractivity contribution in [2.45, 2.75) is 11.8 Å². The van der Waals surface area contributed by atoms with Crippen LogP contribution in [0.5, 0.6) is 5.75 Å². The van der Waals surface area contributed by atoms with Crippen LogP contribution in [0.2, 0.25) is 0 Å². The summed E-state index contributed by atoms with van der Waals surface area (Å²) in [5.74, 6) is 0.571. The first kappa shape index (κ1) is 18.9. The fourth-order valence-corrected chi connectivity index (χ4v) is 3.06. The van der Waals surface area contributed by atoms with E-state index in [1.54, 1.807) is 19.2 Å². The number of allylic oxidation sites excluding steroid dienone is 1. The summed E-state index contributed by atoms with van der Waals surface area (Å²) in [6.07, 6.45) is 1.97. The molecule has 0 saturated heterocycles. The second-order valence-corrected chi connectivity index (χ2v) is 6.91. The maximum Gasteiger partial charge on any atom is 0.123 e. The Morgan fingerprint density at radius 3 is 2.22 bits per heavy atom. The Morgan fingerprint density at radius 2 is 1.59 bits per heavy atom. The number of thioether (sulfide) groups is 1. The normalized spacial score (nSPS) is 11.7. The first-order chi connectivity index (χ1) is 13.1. The van der Waals surface area contributed by atoms with Crippen LogP contribution in [0, 0.1) is 12.7 Å². The second-order valence-electron chi connectivity index (χ2n) is 5.94. The summed E-state index contributed by atoms with van der Waals surface area (Å²) in [5.41, 5.74) is 3.92. The number of ether oxygens (including phenoxy) is 1. The molecule has 0 aliphatic carbocycles. The van der Waals surface area contributed by atoms with Gasteiger partial charge in [-0.15, -0.1) is 0 Å². The second kappa shape index (κ2) is 9.19. The molecule has 2 nitrogen and oxygen atoms in total. The van der Waals surface area contributed by atoms with Crippen LogP contribution >= 0.6 is 11.8 Å². The van der Waals surface area contributed by atoms with Crippen molar-refractivity contribution in [1.82, 2.24) is 0 Å². The Kier molecular flexibility index (Phi) is 6.44. The van der Waals surface area contributed by atoms with Gasteiger partial charge >= 0.3 is 0 Å². The summed E-state index contributed by atoms with van der Waals surface area (Å²) < 4.78 is 18.3. The summed E-state index contributed by atoms with van der Waals surface area (Å²) in [5, 5.41) is 1.96. The smallest absolute Gasteiger partial charge is 0.123 e. The van der Waals surface area contributed by atoms with Gasteiger partial charge < -0.3 is 4.74 Å². The number of hydrogen-bond donors (Lipinski definition) is 0. The Morgan fingerprint density at radius 1 is 0.926 bits per heavy atom. The van der Waals surface area contributed by atoms with Gasteiger partial charge in [-0.1, -0.05) is 29.5 Å². The average Bonchev–Trinajstić information content (AvgIpc) is 2.70. The minimum atomic E-state index is -0.233. The van der Waals surface area contributed by atoms with Crippen LogP contribution in [0.4, 0.5) is 10.1 Å². The van der Waals surface area contributed by atoms with Crippen molar-refractivity contribution in [2.24, 2.45) is 4.99 Å². The number of rotatable bonds is 6. The lowest BCUT2D eigenvalue weighted by Gasteiger charge is -2.05. The molecule has 0 bridgehead atoms. The van der Waals surface area contributed by atoms with Gasteiger partial charge in [0.05, 0.1) is 18.5 Å². The molecule has 0 saturated carbocycles. The molecule has 0 fully saturated rings. The van der Waals surface area contributed by atoms with Gasteiger partial charge in [0.2, 0.25) is 0 Å². The molecule has 27 heavy (non-hydrogen) atoms. The molecule has 3 aromatic rings. The van der Waals surface area contributed by atoms with E-state index < -0.39 is 0 Å². The summed E-state index contributed by atoms with van der Waals surface area (Å²) in [6, 6.07) is 22.3. The summed E-state index contributed by atoms with van der Waals surface area (Å²) >= 11 is 1.52. The third kappa shape index (κ3) is 5.56. The third-order valence-corrected chi connectivity index (χ3v) is 4.73. The van der Waals surface area contributed by atoms with Crippen LogP contribution in [-0.2, 0) is 0 Å². The van der Waals surface area contributed by atoms with Crippen molar-refractivity contribution >= 4 is 23.2 Å². The topological polar surface area (TPSA) is 21.6 Å². The quantitative estimate of drug-likeness (QED) is 0.358. The average molecular weight is 377 g/mol. The van der Waals surface area contributed by atoms with E-state index in [4.69, 9.17) is 9.73 Å². The number of methoxy groups -OCH3 is 1. The van der Waals surface area contributed by atoms with Crippen LogP contribution < -0.4 is 4.74 Å². The van der Waals surface area contributed by atoms with Gasteiger partial charge in [-0.05, 0) is 79.1 Å². The van der Waals surface area contributed by atoms with E-state index in [2.05, 4.69) is 6.92 Å². The maximum absolute atomic E-state index is 13.0. The number of benzene rings is 3. The van der Waals surface area contributed by atoms with Gasteiger partial charge in [-0.25, -0.2) is 9.38 Å². The van der Waals surface area contributed by atoms with Gasteiger partial charge in [0, 0.05) is 10.5 Å². The highest BCUT2D eigenvalue weighted by molar-refractivity contribution is 8.02. The minimum Gasteiger partial charge on any atom is -0.497 e. The first-order valence-electron chi connectivity index (χ1n) is 8.52. The van der Waals surface area contributed by atoms with Crippen LogP contribution in [0.3, 0.4) is 0 Å². The van der Waals surface area contributed by atoms with E-state index in [1.165, 1.54) is 29.5 Å². The standard InChI is InChI=1S/C23H20FNOS/c1-17-3-9-20(10-4-17)25-23(18-5-11-21(26-2)12-6-18)15-16-27-22-13-7-19(24)8-14-22/h3-16H,1-2H3/b16-15+,25-23?. The number of aliphatic imine (C=N–C) groups is 1. The van der Waals surface area contributed by atoms with E-state index in [0.717, 1.165) is 27.6 Å². The van der Waals surface area contributed by atoms with Crippen molar-refractivity contribution < 1.29 is 9.13 Å². The highest BCUT2D eigenvalue weighted by Crippen LogP contribution is 2.22. The number of nitrogens with zero attached hydrogens (tertiary/aromatic N) is 1. The lowest BCUT2D eigenvalue weighted by atomic mass is 10.1. The van der Waals surface area contributed by atoms with E-state index >= 15 is 0 Å². The highest BCUT2D eigenvalue weighted by atomic mass is 32.2. The van der Waals surface area contributed by atoms with Gasteiger partial charge in [0.15, 0.2) is 0 Å². The molecule has 0 N–H and O–H groups in total. The summed E-state index contributed by atoms with van der Waals surface area (Å²) in [4.78, 5) is 5.76. The zero-order chi connectivity index (χ0) is 19.1. The zero-order valence-electron chi connectivity index (χ0n) is 15.2. The van der Waals surface area contributed by atoms with Crippen molar-refractivity contribution in [3.63, 3.8) is 0 Å². The molecule has 0 heterocycles. The van der Waals surface area contributed by atoms with Crippen LogP contribution in [0.1, 0.15) is 11.1 Å². The Labute approximate surface area is 163 Å². The SMILES string of the molecule is COc1ccc(C(/C=C/Sc2ccc(F)cc2)=Nc2ccc(C)cc2)cc1. The molecule has 0 aliphatic heterocycles. The van der Waals surface area contributed by atoms with Crippen molar-refractivity contribution in [2.75, 3.05) is 7.11 Å². The van der Waals surface area contributed by atoms with Gasteiger partial charge in [0.25, 0.3) is 0 Å². The molecule has 0 aromatic heterocycles. The van der Waals surface area contributed by atoms with Crippen molar-refractivity contribution in [1.29, 1.82) is 0 Å². The molecule has 3 aromatic carbocycles. The minimum absolute atomic E-state index is 0.233. The Hall–Kier alpha value is -2.85. The molecule has 136 valence electrons. The van der Waals surface area contributed by atoms with Crippen LogP contribution in [-0.4, -0.2) is 12.8 Å². The molecule has 0 atom stereocenters. The van der Waals surface area contributed by atoms with Crippen molar-refractivity contribution in [3.05, 3.63) is 101 Å². The van der Waals surface area contributed by atoms with E-state index in [9.17, 15) is 4.39 Å². The first-order valence-corrected chi connectivity index (χ1v) is 9.40. The van der Waals surface area contributed by atoms with Gasteiger partial charge in [-0.3, -0.25) is 0 Å². The van der Waals surface area contributed by atoms with E-state index in [0.29, 0.717) is 0 Å². The molecule has 0 unspecified atom stereocenters. The molecule has 0 radical (unpaired) electrons. The molecular weight excluding hydrogens is 357 g/mol. The molecular formula is C23H20FNOS. The number of hydrogen-bond acceptors (Lipinski definition) is 3. The molecule has 0 amide bonds. The van der Waals surface area contributed by atoms with Gasteiger partial charge in [0.1, 0.15) is 11.6 Å². The third-order valence-electron chi connectivity index (χ3n) is 3.91. The Bertz CT molecular complexity index is 930. The number of aryl methyl sites for hydroxylation is 1. The van der Waals surface area contributed by atoms with Crippen LogP contribution in [0.25, 0.3) is 0 Å². The lowest BCUT2D eigenvalue weighted by Crippen LogP contribution is -1.96.